The second kappa shape index (κ2) is 2.98. The van der Waals surface area contributed by atoms with Crippen molar-refractivity contribution in [2.75, 3.05) is 6.54 Å². The molecule has 0 aliphatic carbocycles. The molecule has 3 nitrogen and oxygen atoms in total. The summed E-state index contributed by atoms with van der Waals surface area (Å²) < 4.78 is 0. The Morgan fingerprint density at radius 2 is 2.09 bits per heavy atom. The van der Waals surface area contributed by atoms with Crippen LogP contribution in [0.5, 0.6) is 0 Å². The third-order valence-electron chi connectivity index (χ3n) is 1.70. The Kier molecular flexibility index (Phi) is 2.22. The molecule has 0 saturated carbocycles. The number of nitrogens with zero attached hydrogens (tertiary/aromatic N) is 1. The van der Waals surface area contributed by atoms with Gasteiger partial charge in [0, 0.05) is 18.9 Å². The van der Waals surface area contributed by atoms with Gasteiger partial charge in [-0.25, -0.2) is 0 Å². The number of rotatable bonds is 2. The number of nitrogens with two attached hydrogens (primary N) is 1. The van der Waals surface area contributed by atoms with Crippen molar-refractivity contribution in [1.82, 2.24) is 4.98 Å². The molecule has 1 aromatic heterocycles. The molecule has 0 fully saturated rings. The molecule has 3 N–H and O–H groups in total. The van der Waals surface area contributed by atoms with Crippen LogP contribution in [0.2, 0.25) is 0 Å². The maximum atomic E-state index is 9.64. The summed E-state index contributed by atoms with van der Waals surface area (Å²) >= 11 is 0. The van der Waals surface area contributed by atoms with E-state index in [1.165, 1.54) is 0 Å². The van der Waals surface area contributed by atoms with E-state index in [-0.39, 0.29) is 6.54 Å². The maximum absolute atomic E-state index is 9.64. The molecule has 0 radical (unpaired) electrons. The van der Waals surface area contributed by atoms with Crippen molar-refractivity contribution < 1.29 is 5.11 Å². The third-order valence-corrected chi connectivity index (χ3v) is 1.70. The van der Waals surface area contributed by atoms with Gasteiger partial charge in [-0.05, 0) is 24.6 Å². The first-order valence-corrected chi connectivity index (χ1v) is 3.50. The number of hydrogen-bond donors (Lipinski definition) is 2. The quantitative estimate of drug-likeness (QED) is 0.638. The molecule has 1 rings (SSSR count). The molecule has 0 spiro atoms. The number of hydrogen-bond acceptors (Lipinski definition) is 3. The van der Waals surface area contributed by atoms with Crippen LogP contribution in [0, 0.1) is 0 Å². The van der Waals surface area contributed by atoms with Crippen molar-refractivity contribution in [3.05, 3.63) is 30.1 Å². The third kappa shape index (κ3) is 1.76. The fourth-order valence-corrected chi connectivity index (χ4v) is 0.829. The van der Waals surface area contributed by atoms with Crippen LogP contribution in [-0.4, -0.2) is 16.6 Å². The molecule has 11 heavy (non-hydrogen) atoms. The molecule has 60 valence electrons. The Labute approximate surface area is 65.9 Å². The summed E-state index contributed by atoms with van der Waals surface area (Å²) in [5.41, 5.74) is 5.24. The summed E-state index contributed by atoms with van der Waals surface area (Å²) in [4.78, 5) is 3.84. The van der Waals surface area contributed by atoms with Gasteiger partial charge in [-0.15, -0.1) is 0 Å². The summed E-state index contributed by atoms with van der Waals surface area (Å²) in [6.07, 6.45) is 3.28. The van der Waals surface area contributed by atoms with Gasteiger partial charge in [-0.1, -0.05) is 0 Å². The Hall–Kier alpha value is -0.930. The topological polar surface area (TPSA) is 59.1 Å². The first kappa shape index (κ1) is 8.17. The van der Waals surface area contributed by atoms with E-state index in [4.69, 9.17) is 5.73 Å². The zero-order valence-electron chi connectivity index (χ0n) is 6.49. The summed E-state index contributed by atoms with van der Waals surface area (Å²) in [5.74, 6) is 0. The van der Waals surface area contributed by atoms with Gasteiger partial charge in [-0.3, -0.25) is 4.98 Å². The van der Waals surface area contributed by atoms with E-state index in [2.05, 4.69) is 4.98 Å². The first-order chi connectivity index (χ1) is 5.17. The van der Waals surface area contributed by atoms with E-state index < -0.39 is 5.60 Å². The molecule has 0 amide bonds. The molecule has 0 bridgehead atoms. The van der Waals surface area contributed by atoms with Gasteiger partial charge in [0.25, 0.3) is 0 Å². The highest BCUT2D eigenvalue weighted by Gasteiger charge is 2.19. The van der Waals surface area contributed by atoms with E-state index in [0.29, 0.717) is 0 Å². The molecule has 1 atom stereocenters. The number of aliphatic hydroxyl groups is 1. The largest absolute Gasteiger partial charge is 0.384 e. The van der Waals surface area contributed by atoms with Crippen molar-refractivity contribution >= 4 is 0 Å². The predicted molar refractivity (Wildman–Crippen MR) is 42.9 cm³/mol. The lowest BCUT2D eigenvalue weighted by molar-refractivity contribution is 0.0667. The lowest BCUT2D eigenvalue weighted by atomic mass is 9.98. The molecule has 0 aliphatic rings. The van der Waals surface area contributed by atoms with Gasteiger partial charge >= 0.3 is 0 Å². The normalized spacial score (nSPS) is 15.9. The zero-order valence-corrected chi connectivity index (χ0v) is 6.49. The molecular formula is C8H12N2O. The summed E-state index contributed by atoms with van der Waals surface area (Å²) in [6.45, 7) is 1.90. The summed E-state index contributed by atoms with van der Waals surface area (Å²) in [7, 11) is 0. The minimum Gasteiger partial charge on any atom is -0.384 e. The standard InChI is InChI=1S/C8H12N2O/c1-8(11,6-9)7-2-4-10-5-3-7/h2-5,11H,6,9H2,1H3/t8-/m1/s1. The second-order valence-electron chi connectivity index (χ2n) is 2.71. The van der Waals surface area contributed by atoms with Gasteiger partial charge in [0.15, 0.2) is 0 Å². The second-order valence-corrected chi connectivity index (χ2v) is 2.71. The van der Waals surface area contributed by atoms with Crippen molar-refractivity contribution in [1.29, 1.82) is 0 Å². The van der Waals surface area contributed by atoms with E-state index in [1.54, 1.807) is 31.5 Å². The predicted octanol–water partition coefficient (Wildman–Crippen LogP) is 0.248. The highest BCUT2D eigenvalue weighted by atomic mass is 16.3. The van der Waals surface area contributed by atoms with Gasteiger partial charge in [0.05, 0.1) is 5.60 Å². The monoisotopic (exact) mass is 152 g/mol. The van der Waals surface area contributed by atoms with Crippen LogP contribution in [0.3, 0.4) is 0 Å². The van der Waals surface area contributed by atoms with Crippen LogP contribution in [0.4, 0.5) is 0 Å². The highest BCUT2D eigenvalue weighted by molar-refractivity contribution is 5.18. The lowest BCUT2D eigenvalue weighted by Crippen LogP contribution is -2.31. The van der Waals surface area contributed by atoms with Gasteiger partial charge in [0.2, 0.25) is 0 Å². The molecular weight excluding hydrogens is 140 g/mol. The fraction of sp³-hybridized carbons (Fsp3) is 0.375. The summed E-state index contributed by atoms with van der Waals surface area (Å²) in [6, 6.07) is 3.51. The Morgan fingerprint density at radius 1 is 1.55 bits per heavy atom. The molecule has 0 unspecified atom stereocenters. The SMILES string of the molecule is C[C@@](O)(CN)c1ccncc1. The van der Waals surface area contributed by atoms with E-state index in [1.807, 2.05) is 0 Å². The van der Waals surface area contributed by atoms with Crippen molar-refractivity contribution in [3.8, 4) is 0 Å². The minimum atomic E-state index is -0.928. The summed E-state index contributed by atoms with van der Waals surface area (Å²) in [5, 5.41) is 9.64. The maximum Gasteiger partial charge on any atom is 0.0991 e. The fourth-order valence-electron chi connectivity index (χ4n) is 0.829. The molecule has 0 aromatic carbocycles. The minimum absolute atomic E-state index is 0.219. The van der Waals surface area contributed by atoms with Crippen LogP contribution in [0.1, 0.15) is 12.5 Å². The number of pyridine rings is 1. The molecule has 0 aliphatic heterocycles. The van der Waals surface area contributed by atoms with Gasteiger partial charge in [-0.2, -0.15) is 0 Å². The van der Waals surface area contributed by atoms with E-state index in [0.717, 1.165) is 5.56 Å². The van der Waals surface area contributed by atoms with Crippen LogP contribution in [0.15, 0.2) is 24.5 Å². The molecule has 1 heterocycles. The number of aromatic nitrogens is 1. The average Bonchev–Trinajstić information content (AvgIpc) is 2.06. The Balaban J connectivity index is 2.93. The van der Waals surface area contributed by atoms with Crippen LogP contribution >= 0.6 is 0 Å². The first-order valence-electron chi connectivity index (χ1n) is 3.50. The van der Waals surface area contributed by atoms with Gasteiger partial charge < -0.3 is 10.8 Å². The van der Waals surface area contributed by atoms with Crippen LogP contribution in [0.25, 0.3) is 0 Å². The highest BCUT2D eigenvalue weighted by Crippen LogP contribution is 2.16. The van der Waals surface area contributed by atoms with E-state index in [9.17, 15) is 5.11 Å². The Morgan fingerprint density at radius 3 is 2.55 bits per heavy atom. The van der Waals surface area contributed by atoms with Crippen LogP contribution < -0.4 is 5.73 Å². The average molecular weight is 152 g/mol. The molecule has 1 aromatic rings. The molecule has 0 saturated heterocycles. The lowest BCUT2D eigenvalue weighted by Gasteiger charge is -2.20. The molecule has 3 heteroatoms. The van der Waals surface area contributed by atoms with Crippen molar-refractivity contribution in [2.24, 2.45) is 5.73 Å². The van der Waals surface area contributed by atoms with Crippen molar-refractivity contribution in [3.63, 3.8) is 0 Å². The van der Waals surface area contributed by atoms with Gasteiger partial charge in [0.1, 0.15) is 0 Å². The van der Waals surface area contributed by atoms with Crippen LogP contribution in [-0.2, 0) is 5.60 Å². The Bertz CT molecular complexity index is 221. The van der Waals surface area contributed by atoms with Crippen molar-refractivity contribution in [2.45, 2.75) is 12.5 Å². The zero-order chi connectivity index (χ0) is 8.32. The van der Waals surface area contributed by atoms with E-state index >= 15 is 0 Å². The smallest absolute Gasteiger partial charge is 0.0991 e.